The standard InChI is InChI=1S/C12H23N3O/c1-6-15(9-12(3,4)16)8-11-7-10(2)13-14(11)5/h7,16H,6,8-9H2,1-5H3. The Kier molecular flexibility index (Phi) is 4.10. The number of hydrogen-bond acceptors (Lipinski definition) is 3. The molecule has 0 aromatic carbocycles. The van der Waals surface area contributed by atoms with Crippen LogP contribution in [0.3, 0.4) is 0 Å². The van der Waals surface area contributed by atoms with Gasteiger partial charge in [0.1, 0.15) is 0 Å². The largest absolute Gasteiger partial charge is 0.389 e. The number of hydrogen-bond donors (Lipinski definition) is 1. The second-order valence-corrected chi connectivity index (χ2v) is 5.02. The zero-order valence-electron chi connectivity index (χ0n) is 11.0. The van der Waals surface area contributed by atoms with Crippen LogP contribution in [-0.4, -0.2) is 38.5 Å². The molecular formula is C12H23N3O. The molecule has 0 atom stereocenters. The van der Waals surface area contributed by atoms with Crippen molar-refractivity contribution < 1.29 is 5.11 Å². The molecule has 0 aliphatic carbocycles. The molecule has 0 aliphatic heterocycles. The maximum Gasteiger partial charge on any atom is 0.0718 e. The van der Waals surface area contributed by atoms with Gasteiger partial charge in [-0.05, 0) is 33.4 Å². The third kappa shape index (κ3) is 3.94. The van der Waals surface area contributed by atoms with E-state index >= 15 is 0 Å². The van der Waals surface area contributed by atoms with Gasteiger partial charge in [0.05, 0.1) is 17.0 Å². The lowest BCUT2D eigenvalue weighted by Gasteiger charge is -2.27. The van der Waals surface area contributed by atoms with Crippen molar-refractivity contribution in [3.63, 3.8) is 0 Å². The van der Waals surface area contributed by atoms with Gasteiger partial charge in [0.25, 0.3) is 0 Å². The Morgan fingerprint density at radius 3 is 2.50 bits per heavy atom. The highest BCUT2D eigenvalue weighted by atomic mass is 16.3. The van der Waals surface area contributed by atoms with Gasteiger partial charge in [-0.3, -0.25) is 9.58 Å². The third-order valence-electron chi connectivity index (χ3n) is 2.54. The van der Waals surface area contributed by atoms with Crippen LogP contribution in [0.25, 0.3) is 0 Å². The van der Waals surface area contributed by atoms with Crippen LogP contribution < -0.4 is 0 Å². The zero-order valence-corrected chi connectivity index (χ0v) is 11.0. The van der Waals surface area contributed by atoms with Gasteiger partial charge in [-0.1, -0.05) is 6.92 Å². The molecule has 0 fully saturated rings. The molecule has 0 unspecified atom stereocenters. The topological polar surface area (TPSA) is 41.3 Å². The number of rotatable bonds is 5. The lowest BCUT2D eigenvalue weighted by Crippen LogP contribution is -2.38. The van der Waals surface area contributed by atoms with Gasteiger partial charge in [-0.15, -0.1) is 0 Å². The molecule has 0 amide bonds. The van der Waals surface area contributed by atoms with Crippen molar-refractivity contribution in [3.8, 4) is 0 Å². The summed E-state index contributed by atoms with van der Waals surface area (Å²) in [6, 6.07) is 2.09. The van der Waals surface area contributed by atoms with Crippen molar-refractivity contribution in [3.05, 3.63) is 17.5 Å². The summed E-state index contributed by atoms with van der Waals surface area (Å²) < 4.78 is 1.91. The molecule has 4 heteroatoms. The van der Waals surface area contributed by atoms with Gasteiger partial charge >= 0.3 is 0 Å². The van der Waals surface area contributed by atoms with E-state index in [2.05, 4.69) is 23.0 Å². The Morgan fingerprint density at radius 1 is 1.50 bits per heavy atom. The third-order valence-corrected chi connectivity index (χ3v) is 2.54. The average molecular weight is 225 g/mol. The molecular weight excluding hydrogens is 202 g/mol. The Hall–Kier alpha value is -0.870. The smallest absolute Gasteiger partial charge is 0.0718 e. The van der Waals surface area contributed by atoms with Gasteiger partial charge in [0.2, 0.25) is 0 Å². The first-order valence-corrected chi connectivity index (χ1v) is 5.76. The number of nitrogens with zero attached hydrogens (tertiary/aromatic N) is 3. The van der Waals surface area contributed by atoms with Gasteiger partial charge < -0.3 is 5.11 Å². The molecule has 1 aromatic rings. The first kappa shape index (κ1) is 13.2. The fourth-order valence-corrected chi connectivity index (χ4v) is 1.87. The SMILES string of the molecule is CCN(Cc1cc(C)nn1C)CC(C)(C)O. The van der Waals surface area contributed by atoms with Gasteiger partial charge in [-0.25, -0.2) is 0 Å². The molecule has 1 heterocycles. The molecule has 1 N–H and O–H groups in total. The predicted molar refractivity (Wildman–Crippen MR) is 65.2 cm³/mol. The summed E-state index contributed by atoms with van der Waals surface area (Å²) in [6.45, 7) is 10.2. The Balaban J connectivity index is 2.67. The first-order chi connectivity index (χ1) is 7.31. The minimum atomic E-state index is -0.649. The number of aromatic nitrogens is 2. The summed E-state index contributed by atoms with van der Waals surface area (Å²) in [5.41, 5.74) is 1.57. The van der Waals surface area contributed by atoms with E-state index in [0.29, 0.717) is 6.54 Å². The van der Waals surface area contributed by atoms with Crippen molar-refractivity contribution >= 4 is 0 Å². The Labute approximate surface area is 97.9 Å². The lowest BCUT2D eigenvalue weighted by molar-refractivity contribution is 0.0346. The highest BCUT2D eigenvalue weighted by Crippen LogP contribution is 2.10. The van der Waals surface area contributed by atoms with Crippen molar-refractivity contribution in [1.29, 1.82) is 0 Å². The zero-order chi connectivity index (χ0) is 12.3. The minimum absolute atomic E-state index is 0.649. The van der Waals surface area contributed by atoms with Crippen LogP contribution in [-0.2, 0) is 13.6 Å². The molecule has 0 spiro atoms. The van der Waals surface area contributed by atoms with E-state index in [0.717, 1.165) is 18.8 Å². The highest BCUT2D eigenvalue weighted by molar-refractivity contribution is 5.08. The number of likely N-dealkylation sites (N-methyl/N-ethyl adjacent to an activating group) is 1. The fraction of sp³-hybridized carbons (Fsp3) is 0.750. The van der Waals surface area contributed by atoms with Crippen LogP contribution in [0.4, 0.5) is 0 Å². The summed E-state index contributed by atoms with van der Waals surface area (Å²) in [6.07, 6.45) is 0. The molecule has 1 rings (SSSR count). The van der Waals surface area contributed by atoms with E-state index in [9.17, 15) is 5.11 Å². The molecule has 0 bridgehead atoms. The molecule has 0 saturated carbocycles. The lowest BCUT2D eigenvalue weighted by atomic mass is 10.1. The Morgan fingerprint density at radius 2 is 2.12 bits per heavy atom. The second-order valence-electron chi connectivity index (χ2n) is 5.02. The van der Waals surface area contributed by atoms with E-state index in [4.69, 9.17) is 0 Å². The van der Waals surface area contributed by atoms with E-state index in [-0.39, 0.29) is 0 Å². The van der Waals surface area contributed by atoms with E-state index < -0.39 is 5.60 Å². The summed E-state index contributed by atoms with van der Waals surface area (Å²) in [5.74, 6) is 0. The van der Waals surface area contributed by atoms with Crippen LogP contribution in [0.2, 0.25) is 0 Å². The summed E-state index contributed by atoms with van der Waals surface area (Å²) in [4.78, 5) is 2.22. The van der Waals surface area contributed by atoms with Gasteiger partial charge in [0, 0.05) is 20.1 Å². The molecule has 4 nitrogen and oxygen atoms in total. The molecule has 16 heavy (non-hydrogen) atoms. The molecule has 0 radical (unpaired) electrons. The maximum atomic E-state index is 9.81. The number of aliphatic hydroxyl groups is 1. The fourth-order valence-electron chi connectivity index (χ4n) is 1.87. The maximum absolute atomic E-state index is 9.81. The van der Waals surface area contributed by atoms with Crippen molar-refractivity contribution in [1.82, 2.24) is 14.7 Å². The van der Waals surface area contributed by atoms with Crippen molar-refractivity contribution in [2.45, 2.75) is 39.8 Å². The summed E-state index contributed by atoms with van der Waals surface area (Å²) >= 11 is 0. The number of aryl methyl sites for hydroxylation is 2. The predicted octanol–water partition coefficient (Wildman–Crippen LogP) is 1.32. The minimum Gasteiger partial charge on any atom is -0.389 e. The molecule has 0 aliphatic rings. The monoisotopic (exact) mass is 225 g/mol. The second kappa shape index (κ2) is 4.97. The van der Waals surface area contributed by atoms with E-state index in [1.807, 2.05) is 32.5 Å². The Bertz CT molecular complexity index is 339. The summed E-state index contributed by atoms with van der Waals surface area (Å²) in [7, 11) is 1.96. The molecule has 92 valence electrons. The van der Waals surface area contributed by atoms with Crippen molar-refractivity contribution in [2.75, 3.05) is 13.1 Å². The quantitative estimate of drug-likeness (QED) is 0.821. The van der Waals surface area contributed by atoms with E-state index in [1.165, 1.54) is 5.69 Å². The van der Waals surface area contributed by atoms with Crippen LogP contribution in [0.15, 0.2) is 6.07 Å². The highest BCUT2D eigenvalue weighted by Gasteiger charge is 2.18. The van der Waals surface area contributed by atoms with Crippen LogP contribution in [0.5, 0.6) is 0 Å². The normalized spacial score (nSPS) is 12.4. The van der Waals surface area contributed by atoms with Crippen molar-refractivity contribution in [2.24, 2.45) is 7.05 Å². The summed E-state index contributed by atoms with van der Waals surface area (Å²) in [5, 5.41) is 14.1. The van der Waals surface area contributed by atoms with Crippen LogP contribution >= 0.6 is 0 Å². The van der Waals surface area contributed by atoms with Gasteiger partial charge in [0.15, 0.2) is 0 Å². The molecule has 1 aromatic heterocycles. The van der Waals surface area contributed by atoms with E-state index in [1.54, 1.807) is 0 Å². The van der Waals surface area contributed by atoms with Gasteiger partial charge in [-0.2, -0.15) is 5.10 Å². The van der Waals surface area contributed by atoms with Crippen LogP contribution in [0, 0.1) is 6.92 Å². The molecule has 0 saturated heterocycles. The first-order valence-electron chi connectivity index (χ1n) is 5.76. The van der Waals surface area contributed by atoms with Crippen LogP contribution in [0.1, 0.15) is 32.2 Å². The average Bonchev–Trinajstić information content (AvgIpc) is 2.41.